The van der Waals surface area contributed by atoms with Crippen LogP contribution in [0.3, 0.4) is 0 Å². The van der Waals surface area contributed by atoms with Crippen molar-refractivity contribution in [2.75, 3.05) is 5.32 Å². The molecule has 1 aromatic heterocycles. The van der Waals surface area contributed by atoms with Gasteiger partial charge in [0, 0.05) is 12.4 Å². The van der Waals surface area contributed by atoms with E-state index < -0.39 is 29.6 Å². The molecule has 148 valence electrons. The maximum Gasteiger partial charge on any atom is 0.317 e. The molecule has 1 saturated carbocycles. The number of aromatic nitrogens is 2. The van der Waals surface area contributed by atoms with Gasteiger partial charge in [0.2, 0.25) is 5.95 Å². The van der Waals surface area contributed by atoms with Gasteiger partial charge in [-0.3, -0.25) is 20.4 Å². The second-order valence-electron chi connectivity index (χ2n) is 6.23. The number of anilines is 1. The summed E-state index contributed by atoms with van der Waals surface area (Å²) < 4.78 is 37.6. The van der Waals surface area contributed by atoms with Crippen molar-refractivity contribution in [2.45, 2.75) is 31.2 Å². The van der Waals surface area contributed by atoms with Crippen LogP contribution in [0.15, 0.2) is 30.6 Å². The second kappa shape index (κ2) is 8.01. The minimum absolute atomic E-state index is 0.0179. The summed E-state index contributed by atoms with van der Waals surface area (Å²) in [6, 6.07) is 4.48. The molecule has 2 aromatic rings. The summed E-state index contributed by atoms with van der Waals surface area (Å²) in [5, 5.41) is 3.20. The van der Waals surface area contributed by atoms with Gasteiger partial charge < -0.3 is 5.32 Å². The molecular formula is C17H15ClF3N5O2. The first-order valence-electron chi connectivity index (χ1n) is 8.25. The number of nitrogens with zero attached hydrogens (tertiary/aromatic N) is 2. The summed E-state index contributed by atoms with van der Waals surface area (Å²) in [5.41, 5.74) is 3.69. The molecule has 1 aliphatic carbocycles. The van der Waals surface area contributed by atoms with Crippen LogP contribution >= 0.6 is 11.6 Å². The van der Waals surface area contributed by atoms with Crippen molar-refractivity contribution < 1.29 is 22.8 Å². The van der Waals surface area contributed by atoms with Crippen LogP contribution in [0.2, 0.25) is 5.02 Å². The number of carbonyl (C=O) groups excluding carboxylic acids is 2. The van der Waals surface area contributed by atoms with Gasteiger partial charge in [-0.05, 0) is 37.0 Å². The third-order valence-corrected chi connectivity index (χ3v) is 4.73. The van der Waals surface area contributed by atoms with E-state index in [1.165, 1.54) is 18.5 Å². The van der Waals surface area contributed by atoms with Gasteiger partial charge in [0.05, 0.1) is 16.1 Å². The molecule has 0 atom stereocenters. The fourth-order valence-electron chi connectivity index (χ4n) is 2.78. The number of carbonyl (C=O) groups is 2. The number of amides is 2. The van der Waals surface area contributed by atoms with E-state index in [-0.39, 0.29) is 16.5 Å². The van der Waals surface area contributed by atoms with Gasteiger partial charge >= 0.3 is 12.3 Å². The molecular weight excluding hydrogens is 399 g/mol. The van der Waals surface area contributed by atoms with Crippen LogP contribution in [0.4, 0.5) is 19.1 Å². The molecule has 1 aliphatic rings. The SMILES string of the molecule is O=C(NNC(=O)C(F)F)c1cnc(NC2(c3ccc(F)c(Cl)c3)CCC2)nc1. The first-order chi connectivity index (χ1) is 13.3. The Labute approximate surface area is 162 Å². The molecule has 7 nitrogen and oxygen atoms in total. The smallest absolute Gasteiger partial charge is 0.317 e. The second-order valence-corrected chi connectivity index (χ2v) is 6.64. The van der Waals surface area contributed by atoms with E-state index in [9.17, 15) is 22.8 Å². The van der Waals surface area contributed by atoms with Gasteiger partial charge in [-0.2, -0.15) is 8.78 Å². The van der Waals surface area contributed by atoms with E-state index in [2.05, 4.69) is 15.3 Å². The third kappa shape index (κ3) is 4.16. The fraction of sp³-hybridized carbons (Fsp3) is 0.294. The molecule has 2 amide bonds. The highest BCUT2D eigenvalue weighted by Crippen LogP contribution is 2.44. The minimum Gasteiger partial charge on any atom is -0.345 e. The number of rotatable bonds is 5. The van der Waals surface area contributed by atoms with Gasteiger partial charge in [-0.1, -0.05) is 17.7 Å². The maximum absolute atomic E-state index is 13.4. The average Bonchev–Trinajstić information content (AvgIpc) is 2.65. The highest BCUT2D eigenvalue weighted by Gasteiger charge is 2.39. The monoisotopic (exact) mass is 413 g/mol. The Morgan fingerprint density at radius 2 is 1.82 bits per heavy atom. The van der Waals surface area contributed by atoms with E-state index in [1.54, 1.807) is 17.6 Å². The summed E-state index contributed by atoms with van der Waals surface area (Å²) in [7, 11) is 0. The summed E-state index contributed by atoms with van der Waals surface area (Å²) in [6.45, 7) is 0. The molecule has 11 heteroatoms. The van der Waals surface area contributed by atoms with E-state index >= 15 is 0 Å². The van der Waals surface area contributed by atoms with Crippen molar-refractivity contribution in [3.8, 4) is 0 Å². The lowest BCUT2D eigenvalue weighted by Crippen LogP contribution is -2.44. The third-order valence-electron chi connectivity index (χ3n) is 4.44. The van der Waals surface area contributed by atoms with Crippen LogP contribution in [0.5, 0.6) is 0 Å². The Kier molecular flexibility index (Phi) is 5.68. The zero-order valence-electron chi connectivity index (χ0n) is 14.3. The Hall–Kier alpha value is -2.88. The van der Waals surface area contributed by atoms with Crippen LogP contribution in [0, 0.1) is 5.82 Å². The van der Waals surface area contributed by atoms with Crippen molar-refractivity contribution >= 4 is 29.4 Å². The predicted octanol–water partition coefficient (Wildman–Crippen LogP) is 2.79. The number of hydrogen-bond donors (Lipinski definition) is 3. The number of benzene rings is 1. The van der Waals surface area contributed by atoms with Gasteiger partial charge in [-0.15, -0.1) is 0 Å². The van der Waals surface area contributed by atoms with Crippen LogP contribution in [0.1, 0.15) is 35.2 Å². The Morgan fingerprint density at radius 3 is 2.36 bits per heavy atom. The summed E-state index contributed by atoms with van der Waals surface area (Å²) in [6.07, 6.45) is 1.60. The topological polar surface area (TPSA) is 96.0 Å². The lowest BCUT2D eigenvalue weighted by Gasteiger charge is -2.43. The normalized spacial score (nSPS) is 14.9. The zero-order valence-corrected chi connectivity index (χ0v) is 15.1. The van der Waals surface area contributed by atoms with E-state index in [0.29, 0.717) is 0 Å². The molecule has 0 aliphatic heterocycles. The van der Waals surface area contributed by atoms with Crippen LogP contribution in [-0.2, 0) is 10.3 Å². The number of halogens is 4. The van der Waals surface area contributed by atoms with Crippen molar-refractivity contribution in [3.05, 3.63) is 52.6 Å². The maximum atomic E-state index is 13.4. The Morgan fingerprint density at radius 1 is 1.14 bits per heavy atom. The highest BCUT2D eigenvalue weighted by molar-refractivity contribution is 6.30. The first-order valence-corrected chi connectivity index (χ1v) is 8.63. The quantitative estimate of drug-likeness (QED) is 0.655. The largest absolute Gasteiger partial charge is 0.345 e. The van der Waals surface area contributed by atoms with Gasteiger partial charge in [0.25, 0.3) is 5.91 Å². The average molecular weight is 414 g/mol. The fourth-order valence-corrected chi connectivity index (χ4v) is 2.96. The summed E-state index contributed by atoms with van der Waals surface area (Å²) in [5.74, 6) is -2.75. The molecule has 0 spiro atoms. The number of nitrogens with one attached hydrogen (secondary N) is 3. The number of hydrogen-bond acceptors (Lipinski definition) is 5. The standard InChI is InChI=1S/C17H15ClF3N5O2/c18-11-6-10(2-3-12(11)19)17(4-1-5-17)24-16-22-7-9(8-23-16)14(27)25-26-15(28)13(20)21/h2-3,6-8,13H,1,4-5H2,(H,25,27)(H,26,28)(H,22,23,24). The predicted molar refractivity (Wildman–Crippen MR) is 94.2 cm³/mol. The highest BCUT2D eigenvalue weighted by atomic mass is 35.5. The summed E-state index contributed by atoms with van der Waals surface area (Å²) >= 11 is 5.88. The molecule has 0 radical (unpaired) electrons. The number of hydrazine groups is 1. The van der Waals surface area contributed by atoms with Crippen molar-refractivity contribution in [3.63, 3.8) is 0 Å². The molecule has 3 N–H and O–H groups in total. The molecule has 0 unspecified atom stereocenters. The molecule has 28 heavy (non-hydrogen) atoms. The lowest BCUT2D eigenvalue weighted by atomic mass is 9.72. The van der Waals surface area contributed by atoms with Crippen molar-refractivity contribution in [1.29, 1.82) is 0 Å². The van der Waals surface area contributed by atoms with Crippen LogP contribution in [0.25, 0.3) is 0 Å². The van der Waals surface area contributed by atoms with E-state index in [1.807, 2.05) is 5.43 Å². The van der Waals surface area contributed by atoms with Gasteiger partial charge in [0.1, 0.15) is 5.82 Å². The minimum atomic E-state index is -3.25. The van der Waals surface area contributed by atoms with Crippen molar-refractivity contribution in [2.24, 2.45) is 0 Å². The summed E-state index contributed by atoms with van der Waals surface area (Å²) in [4.78, 5) is 30.7. The Balaban J connectivity index is 1.68. The number of alkyl halides is 2. The molecule has 3 rings (SSSR count). The van der Waals surface area contributed by atoms with E-state index in [0.717, 1.165) is 24.8 Å². The Bertz CT molecular complexity index is 891. The van der Waals surface area contributed by atoms with E-state index in [4.69, 9.17) is 11.6 Å². The van der Waals surface area contributed by atoms with Crippen LogP contribution in [-0.4, -0.2) is 28.2 Å². The van der Waals surface area contributed by atoms with Crippen molar-refractivity contribution in [1.82, 2.24) is 20.8 Å². The lowest BCUT2D eigenvalue weighted by molar-refractivity contribution is -0.132. The molecule has 0 bridgehead atoms. The zero-order chi connectivity index (χ0) is 20.3. The van der Waals surface area contributed by atoms with Gasteiger partial charge in [0.15, 0.2) is 0 Å². The first kappa shape index (κ1) is 19.9. The van der Waals surface area contributed by atoms with Gasteiger partial charge in [-0.25, -0.2) is 14.4 Å². The molecule has 1 heterocycles. The van der Waals surface area contributed by atoms with Crippen LogP contribution < -0.4 is 16.2 Å². The molecule has 0 saturated heterocycles. The molecule has 1 fully saturated rings. The molecule has 1 aromatic carbocycles.